The van der Waals surface area contributed by atoms with Gasteiger partial charge in [0.15, 0.2) is 6.04 Å². The van der Waals surface area contributed by atoms with Crippen LogP contribution in [0.3, 0.4) is 0 Å². The number of rotatable bonds is 10. The largest absolute Gasteiger partial charge is 0.497 e. The Balaban J connectivity index is 2.64. The van der Waals surface area contributed by atoms with Crippen LogP contribution < -0.4 is 10.1 Å². The van der Waals surface area contributed by atoms with Crippen molar-refractivity contribution < 1.29 is 28.9 Å². The minimum Gasteiger partial charge on any atom is -0.497 e. The minimum atomic E-state index is -1.15. The van der Waals surface area contributed by atoms with E-state index in [2.05, 4.69) is 5.32 Å². The number of benzene rings is 1. The second-order valence-electron chi connectivity index (χ2n) is 4.76. The lowest BCUT2D eigenvalue weighted by molar-refractivity contribution is -0.144. The first-order valence-electron chi connectivity index (χ1n) is 7.36. The molecule has 0 heterocycles. The van der Waals surface area contributed by atoms with E-state index >= 15 is 0 Å². The molecule has 2 atom stereocenters. The van der Waals surface area contributed by atoms with Gasteiger partial charge in [-0.15, -0.1) is 0 Å². The average molecular weight is 325 g/mol. The molecule has 1 aromatic rings. The first-order valence-corrected chi connectivity index (χ1v) is 7.36. The number of aliphatic carboxylic acids is 1. The topological polar surface area (TPSA) is 94.1 Å². The number of hydrogen-bond acceptors (Lipinski definition) is 5. The molecule has 0 aliphatic carbocycles. The second-order valence-corrected chi connectivity index (χ2v) is 4.76. The molecule has 7 nitrogen and oxygen atoms in total. The van der Waals surface area contributed by atoms with Gasteiger partial charge in [0.2, 0.25) is 5.91 Å². The molecule has 1 rings (SSSR count). The molecule has 0 aliphatic heterocycles. The van der Waals surface area contributed by atoms with E-state index in [4.69, 9.17) is 14.2 Å². The van der Waals surface area contributed by atoms with Gasteiger partial charge in [0, 0.05) is 6.61 Å². The van der Waals surface area contributed by atoms with E-state index in [0.717, 1.165) is 0 Å². The first-order chi connectivity index (χ1) is 11.0. The zero-order chi connectivity index (χ0) is 17.2. The van der Waals surface area contributed by atoms with Crippen LogP contribution in [-0.4, -0.2) is 50.0 Å². The summed E-state index contributed by atoms with van der Waals surface area (Å²) in [6.07, 6.45) is -0.768. The molecule has 2 N–H and O–H groups in total. The van der Waals surface area contributed by atoms with Crippen molar-refractivity contribution in [2.75, 3.05) is 26.9 Å². The maximum absolute atomic E-state index is 12.1. The van der Waals surface area contributed by atoms with Crippen molar-refractivity contribution >= 4 is 11.9 Å². The van der Waals surface area contributed by atoms with Crippen LogP contribution in [0, 0.1) is 0 Å². The third-order valence-corrected chi connectivity index (χ3v) is 3.15. The minimum absolute atomic E-state index is 0.267. The van der Waals surface area contributed by atoms with Crippen molar-refractivity contribution in [3.63, 3.8) is 0 Å². The first kappa shape index (κ1) is 18.9. The molecule has 0 saturated carbocycles. The molecule has 0 bridgehead atoms. The maximum atomic E-state index is 12.1. The third-order valence-electron chi connectivity index (χ3n) is 3.15. The molecular weight excluding hydrogens is 302 g/mol. The lowest BCUT2D eigenvalue weighted by Gasteiger charge is -2.18. The molecule has 7 heteroatoms. The van der Waals surface area contributed by atoms with Crippen LogP contribution in [0.25, 0.3) is 0 Å². The number of ether oxygens (including phenoxy) is 3. The molecule has 1 aromatic carbocycles. The molecule has 0 aliphatic rings. The number of carbonyl (C=O) groups excluding carboxylic acids is 1. The molecule has 1 amide bonds. The zero-order valence-corrected chi connectivity index (χ0v) is 13.6. The summed E-state index contributed by atoms with van der Waals surface area (Å²) in [4.78, 5) is 23.5. The van der Waals surface area contributed by atoms with Crippen LogP contribution in [0.1, 0.15) is 25.5 Å². The highest BCUT2D eigenvalue weighted by atomic mass is 16.5. The Bertz CT molecular complexity index is 502. The lowest BCUT2D eigenvalue weighted by atomic mass is 10.1. The van der Waals surface area contributed by atoms with Gasteiger partial charge in [0.05, 0.1) is 20.3 Å². The highest BCUT2D eigenvalue weighted by Crippen LogP contribution is 2.18. The van der Waals surface area contributed by atoms with Crippen molar-refractivity contribution in [3.05, 3.63) is 29.8 Å². The van der Waals surface area contributed by atoms with Crippen molar-refractivity contribution in [2.45, 2.75) is 26.0 Å². The smallest absolute Gasteiger partial charge is 0.330 e. The van der Waals surface area contributed by atoms with Gasteiger partial charge in [-0.1, -0.05) is 12.1 Å². The standard InChI is InChI=1S/C16H23NO6/c1-4-22-9-10-23-11(2)15(18)17-14(16(19)20)12-5-7-13(21-3)8-6-12/h5-8,11,14H,4,9-10H2,1-3H3,(H,17,18)(H,19,20). The molecule has 0 radical (unpaired) electrons. The second kappa shape index (κ2) is 9.81. The summed E-state index contributed by atoms with van der Waals surface area (Å²) in [6, 6.07) is 5.32. The molecule has 0 aromatic heterocycles. The van der Waals surface area contributed by atoms with Crippen molar-refractivity contribution in [3.8, 4) is 5.75 Å². The Morgan fingerprint density at radius 3 is 2.39 bits per heavy atom. The van der Waals surface area contributed by atoms with Crippen LogP contribution in [0.15, 0.2) is 24.3 Å². The molecule has 0 spiro atoms. The molecular formula is C16H23NO6. The summed E-state index contributed by atoms with van der Waals surface area (Å²) >= 11 is 0. The average Bonchev–Trinajstić information content (AvgIpc) is 2.56. The van der Waals surface area contributed by atoms with Gasteiger partial charge in [0.25, 0.3) is 0 Å². The predicted octanol–water partition coefficient (Wildman–Crippen LogP) is 1.38. The fourth-order valence-electron chi connectivity index (χ4n) is 1.85. The van der Waals surface area contributed by atoms with Gasteiger partial charge in [-0.2, -0.15) is 0 Å². The highest BCUT2D eigenvalue weighted by Gasteiger charge is 2.25. The normalized spacial score (nSPS) is 13.2. The summed E-state index contributed by atoms with van der Waals surface area (Å²) in [6.45, 7) is 4.65. The fraction of sp³-hybridized carbons (Fsp3) is 0.500. The fourth-order valence-corrected chi connectivity index (χ4v) is 1.85. The number of methoxy groups -OCH3 is 1. The van der Waals surface area contributed by atoms with E-state index in [1.54, 1.807) is 31.2 Å². The van der Waals surface area contributed by atoms with Crippen molar-refractivity contribution in [1.82, 2.24) is 5.32 Å². The Labute approximate surface area is 135 Å². The lowest BCUT2D eigenvalue weighted by Crippen LogP contribution is -2.40. The van der Waals surface area contributed by atoms with Crippen LogP contribution in [0.4, 0.5) is 0 Å². The summed E-state index contributed by atoms with van der Waals surface area (Å²) in [5, 5.41) is 11.8. The molecule has 0 fully saturated rings. The quantitative estimate of drug-likeness (QED) is 0.631. The Hall–Kier alpha value is -2.12. The van der Waals surface area contributed by atoms with E-state index in [-0.39, 0.29) is 6.61 Å². The predicted molar refractivity (Wildman–Crippen MR) is 83.4 cm³/mol. The van der Waals surface area contributed by atoms with Crippen molar-refractivity contribution in [1.29, 1.82) is 0 Å². The number of carbonyl (C=O) groups is 2. The maximum Gasteiger partial charge on any atom is 0.330 e. The number of amides is 1. The number of hydrogen-bond donors (Lipinski definition) is 2. The van der Waals surface area contributed by atoms with Gasteiger partial charge < -0.3 is 24.6 Å². The number of nitrogens with one attached hydrogen (secondary N) is 1. The Morgan fingerprint density at radius 2 is 1.87 bits per heavy atom. The van der Waals surface area contributed by atoms with E-state index in [9.17, 15) is 14.7 Å². The molecule has 128 valence electrons. The summed E-state index contributed by atoms with van der Waals surface area (Å²) < 4.78 is 15.4. The van der Waals surface area contributed by atoms with E-state index in [1.807, 2.05) is 6.92 Å². The van der Waals surface area contributed by atoms with E-state index in [0.29, 0.717) is 24.5 Å². The van der Waals surface area contributed by atoms with Gasteiger partial charge in [-0.05, 0) is 31.5 Å². The molecule has 23 heavy (non-hydrogen) atoms. The van der Waals surface area contributed by atoms with Gasteiger partial charge in [-0.3, -0.25) is 4.79 Å². The van der Waals surface area contributed by atoms with Crippen LogP contribution in [0.5, 0.6) is 5.75 Å². The van der Waals surface area contributed by atoms with Gasteiger partial charge in [0.1, 0.15) is 11.9 Å². The van der Waals surface area contributed by atoms with E-state index in [1.165, 1.54) is 7.11 Å². The van der Waals surface area contributed by atoms with Gasteiger partial charge in [-0.25, -0.2) is 4.79 Å². The third kappa shape index (κ3) is 6.25. The summed E-state index contributed by atoms with van der Waals surface area (Å²) in [5.74, 6) is -1.04. The van der Waals surface area contributed by atoms with Crippen LogP contribution >= 0.6 is 0 Å². The van der Waals surface area contributed by atoms with Crippen molar-refractivity contribution in [2.24, 2.45) is 0 Å². The Morgan fingerprint density at radius 1 is 1.22 bits per heavy atom. The van der Waals surface area contributed by atoms with Crippen LogP contribution in [0.2, 0.25) is 0 Å². The zero-order valence-electron chi connectivity index (χ0n) is 13.6. The van der Waals surface area contributed by atoms with Gasteiger partial charge >= 0.3 is 5.97 Å². The SMILES string of the molecule is CCOCCOC(C)C(=O)NC(C(=O)O)c1ccc(OC)cc1. The van der Waals surface area contributed by atoms with Crippen LogP contribution in [-0.2, 0) is 19.1 Å². The molecule has 2 unspecified atom stereocenters. The number of carboxylic acids is 1. The highest BCUT2D eigenvalue weighted by molar-refractivity contribution is 5.86. The van der Waals surface area contributed by atoms with E-state index < -0.39 is 24.0 Å². The Kier molecular flexibility index (Phi) is 8.07. The monoisotopic (exact) mass is 325 g/mol. The summed E-state index contributed by atoms with van der Waals surface area (Å²) in [5.41, 5.74) is 0.452. The number of carboxylic acid groups (broad SMARTS) is 1. The molecule has 0 saturated heterocycles. The summed E-state index contributed by atoms with van der Waals surface area (Å²) in [7, 11) is 1.52.